The Morgan fingerprint density at radius 1 is 0.658 bits per heavy atom. The maximum Gasteiger partial charge on any atom is 0.146 e. The van der Waals surface area contributed by atoms with E-state index in [-0.39, 0.29) is 5.82 Å². The van der Waals surface area contributed by atoms with Crippen LogP contribution in [-0.2, 0) is 12.8 Å². The third-order valence-corrected chi connectivity index (χ3v) is 8.66. The zero-order chi connectivity index (χ0) is 26.6. The second-order valence-electron chi connectivity index (χ2n) is 11.7. The highest BCUT2D eigenvalue weighted by molar-refractivity contribution is 5.85. The van der Waals surface area contributed by atoms with E-state index in [0.29, 0.717) is 10.9 Å². The minimum Gasteiger partial charge on any atom is -0.205 e. The predicted molar refractivity (Wildman–Crippen MR) is 162 cm³/mol. The standard InChI is InChI=1S/C37H47F/c1-3-5-7-9-11-33-23-27-36-35(28-33)26-25-34(37(36)38)24-22-32-20-18-31(19-21-32)17-16-30-14-12-29(13-15-30)10-8-6-4-2/h18-21,23,25-30H,3-17H2,1-2H3. The molecule has 0 atom stereocenters. The summed E-state index contributed by atoms with van der Waals surface area (Å²) in [6, 6.07) is 18.6. The summed E-state index contributed by atoms with van der Waals surface area (Å²) in [5, 5.41) is 1.63. The molecule has 0 saturated heterocycles. The van der Waals surface area contributed by atoms with Gasteiger partial charge in [-0.1, -0.05) is 133 Å². The first-order valence-electron chi connectivity index (χ1n) is 15.5. The number of hydrogen-bond donors (Lipinski definition) is 0. The third-order valence-electron chi connectivity index (χ3n) is 8.66. The summed E-state index contributed by atoms with van der Waals surface area (Å²) in [4.78, 5) is 0. The van der Waals surface area contributed by atoms with E-state index in [1.807, 2.05) is 18.2 Å². The molecule has 0 heterocycles. The molecule has 0 nitrogen and oxygen atoms in total. The van der Waals surface area contributed by atoms with Gasteiger partial charge in [-0.05, 0) is 72.2 Å². The average Bonchev–Trinajstić information content (AvgIpc) is 2.95. The van der Waals surface area contributed by atoms with E-state index in [1.165, 1.54) is 94.6 Å². The Bertz CT molecular complexity index is 1190. The molecule has 4 rings (SSSR count). The van der Waals surface area contributed by atoms with Gasteiger partial charge in [0.2, 0.25) is 0 Å². The van der Waals surface area contributed by atoms with Crippen molar-refractivity contribution in [3.05, 3.63) is 82.7 Å². The van der Waals surface area contributed by atoms with Gasteiger partial charge in [-0.25, -0.2) is 4.39 Å². The lowest BCUT2D eigenvalue weighted by molar-refractivity contribution is 0.249. The Hall–Kier alpha value is -2.59. The Morgan fingerprint density at radius 2 is 1.34 bits per heavy atom. The van der Waals surface area contributed by atoms with Gasteiger partial charge >= 0.3 is 0 Å². The molecule has 1 heteroatoms. The van der Waals surface area contributed by atoms with E-state index in [9.17, 15) is 0 Å². The summed E-state index contributed by atoms with van der Waals surface area (Å²) >= 11 is 0. The molecule has 202 valence electrons. The van der Waals surface area contributed by atoms with Crippen LogP contribution in [-0.4, -0.2) is 0 Å². The van der Waals surface area contributed by atoms with Gasteiger partial charge in [0.05, 0.1) is 5.56 Å². The number of aryl methyl sites for hydroxylation is 2. The minimum atomic E-state index is -0.204. The molecule has 3 aromatic carbocycles. The van der Waals surface area contributed by atoms with E-state index >= 15 is 4.39 Å². The average molecular weight is 511 g/mol. The van der Waals surface area contributed by atoms with Crippen LogP contribution in [0.1, 0.15) is 120 Å². The molecule has 0 unspecified atom stereocenters. The first kappa shape index (κ1) is 28.4. The molecule has 0 bridgehead atoms. The molecule has 1 fully saturated rings. The highest BCUT2D eigenvalue weighted by atomic mass is 19.1. The quantitative estimate of drug-likeness (QED) is 0.168. The Balaban J connectivity index is 1.28. The lowest BCUT2D eigenvalue weighted by atomic mass is 9.78. The summed E-state index contributed by atoms with van der Waals surface area (Å²) < 4.78 is 15.2. The van der Waals surface area contributed by atoms with Gasteiger partial charge in [0, 0.05) is 10.9 Å². The van der Waals surface area contributed by atoms with Crippen LogP contribution < -0.4 is 0 Å². The molecule has 1 aliphatic carbocycles. The fourth-order valence-electron chi connectivity index (χ4n) is 6.11. The van der Waals surface area contributed by atoms with Crippen LogP contribution in [0, 0.1) is 29.5 Å². The van der Waals surface area contributed by atoms with Gasteiger partial charge in [0.25, 0.3) is 0 Å². The van der Waals surface area contributed by atoms with Gasteiger partial charge < -0.3 is 0 Å². The Morgan fingerprint density at radius 3 is 2.08 bits per heavy atom. The number of fused-ring (bicyclic) bond motifs is 1. The molecule has 0 amide bonds. The highest BCUT2D eigenvalue weighted by Gasteiger charge is 2.20. The topological polar surface area (TPSA) is 0 Å². The lowest BCUT2D eigenvalue weighted by Gasteiger charge is -2.28. The fourth-order valence-corrected chi connectivity index (χ4v) is 6.11. The normalized spacial score (nSPS) is 17.3. The van der Waals surface area contributed by atoms with Crippen LogP contribution in [0.25, 0.3) is 10.8 Å². The van der Waals surface area contributed by atoms with Gasteiger partial charge in [0.1, 0.15) is 5.82 Å². The molecule has 3 aromatic rings. The van der Waals surface area contributed by atoms with E-state index in [4.69, 9.17) is 0 Å². The molecule has 0 aliphatic heterocycles. The Kier molecular flexibility index (Phi) is 11.3. The number of unbranched alkanes of at least 4 members (excludes halogenated alkanes) is 5. The summed E-state index contributed by atoms with van der Waals surface area (Å²) in [6.07, 6.45) is 19.8. The van der Waals surface area contributed by atoms with Crippen molar-refractivity contribution in [1.29, 1.82) is 0 Å². The van der Waals surface area contributed by atoms with Crippen LogP contribution in [0.3, 0.4) is 0 Å². The van der Waals surface area contributed by atoms with Crippen molar-refractivity contribution in [3.8, 4) is 11.8 Å². The van der Waals surface area contributed by atoms with Crippen LogP contribution in [0.5, 0.6) is 0 Å². The van der Waals surface area contributed by atoms with Gasteiger partial charge in [-0.15, -0.1) is 0 Å². The highest BCUT2D eigenvalue weighted by Crippen LogP contribution is 2.34. The molecule has 38 heavy (non-hydrogen) atoms. The molecule has 1 saturated carbocycles. The van der Waals surface area contributed by atoms with E-state index in [0.717, 1.165) is 35.6 Å². The summed E-state index contributed by atoms with van der Waals surface area (Å²) in [5.74, 6) is 7.95. The molecule has 0 N–H and O–H groups in total. The van der Waals surface area contributed by atoms with E-state index in [1.54, 1.807) is 0 Å². The van der Waals surface area contributed by atoms with E-state index in [2.05, 4.69) is 62.1 Å². The maximum atomic E-state index is 15.2. The van der Waals surface area contributed by atoms with Crippen molar-refractivity contribution >= 4 is 10.8 Å². The Labute approximate surface area is 231 Å². The SMILES string of the molecule is CCCCCCc1ccc2c(F)c(C#Cc3ccc(CCC4CCC(CCCCC)CC4)cc3)ccc2c1. The number of rotatable bonds is 12. The number of benzene rings is 3. The van der Waals surface area contributed by atoms with Crippen LogP contribution in [0.4, 0.5) is 4.39 Å². The second kappa shape index (κ2) is 15.1. The van der Waals surface area contributed by atoms with Crippen molar-refractivity contribution in [2.45, 2.75) is 110 Å². The lowest BCUT2D eigenvalue weighted by Crippen LogP contribution is -2.15. The van der Waals surface area contributed by atoms with Gasteiger partial charge in [-0.3, -0.25) is 0 Å². The first-order chi connectivity index (χ1) is 18.7. The second-order valence-corrected chi connectivity index (χ2v) is 11.7. The molecule has 0 spiro atoms. The fraction of sp³-hybridized carbons (Fsp3) is 0.514. The zero-order valence-electron chi connectivity index (χ0n) is 23.8. The zero-order valence-corrected chi connectivity index (χ0v) is 23.8. The molecule has 0 radical (unpaired) electrons. The molecule has 0 aromatic heterocycles. The van der Waals surface area contributed by atoms with Crippen molar-refractivity contribution in [3.63, 3.8) is 0 Å². The minimum absolute atomic E-state index is 0.204. The maximum absolute atomic E-state index is 15.2. The smallest absolute Gasteiger partial charge is 0.146 e. The van der Waals surface area contributed by atoms with Crippen LogP contribution >= 0.6 is 0 Å². The number of hydrogen-bond acceptors (Lipinski definition) is 0. The van der Waals surface area contributed by atoms with Crippen molar-refractivity contribution < 1.29 is 4.39 Å². The third kappa shape index (κ3) is 8.46. The van der Waals surface area contributed by atoms with Crippen molar-refractivity contribution in [2.24, 2.45) is 11.8 Å². The van der Waals surface area contributed by atoms with E-state index < -0.39 is 0 Å². The monoisotopic (exact) mass is 510 g/mol. The van der Waals surface area contributed by atoms with Crippen LogP contribution in [0.2, 0.25) is 0 Å². The van der Waals surface area contributed by atoms with Crippen molar-refractivity contribution in [2.75, 3.05) is 0 Å². The largest absolute Gasteiger partial charge is 0.205 e. The first-order valence-corrected chi connectivity index (χ1v) is 15.5. The molecule has 1 aliphatic rings. The summed E-state index contributed by atoms with van der Waals surface area (Å²) in [7, 11) is 0. The van der Waals surface area contributed by atoms with Gasteiger partial charge in [-0.2, -0.15) is 0 Å². The van der Waals surface area contributed by atoms with Crippen LogP contribution in [0.15, 0.2) is 54.6 Å². The molecular formula is C37H47F. The van der Waals surface area contributed by atoms with Crippen molar-refractivity contribution in [1.82, 2.24) is 0 Å². The molecular weight excluding hydrogens is 463 g/mol. The number of halogens is 1. The summed E-state index contributed by atoms with van der Waals surface area (Å²) in [5.41, 5.74) is 4.11. The van der Waals surface area contributed by atoms with Gasteiger partial charge in [0.15, 0.2) is 0 Å². The summed E-state index contributed by atoms with van der Waals surface area (Å²) in [6.45, 7) is 4.53. The predicted octanol–water partition coefficient (Wildman–Crippen LogP) is 10.8.